The zero-order chi connectivity index (χ0) is 16.4. The smallest absolute Gasteiger partial charge is 0.309 e. The first-order valence-electron chi connectivity index (χ1n) is 7.01. The Bertz CT molecular complexity index is 955. The molecule has 5 nitrogen and oxygen atoms in total. The van der Waals surface area contributed by atoms with Gasteiger partial charge in [-0.05, 0) is 18.6 Å². The summed E-state index contributed by atoms with van der Waals surface area (Å²) in [5.74, 6) is -0.970. The van der Waals surface area contributed by atoms with Gasteiger partial charge in [-0.1, -0.05) is 36.4 Å². The second kappa shape index (κ2) is 6.18. The second-order valence-corrected chi connectivity index (χ2v) is 5.92. The molecule has 6 heteroatoms. The number of rotatable bonds is 4. The van der Waals surface area contributed by atoms with Crippen molar-refractivity contribution in [3.05, 3.63) is 68.6 Å². The van der Waals surface area contributed by atoms with Crippen LogP contribution in [0.25, 0.3) is 17.1 Å². The molecule has 0 bridgehead atoms. The Hall–Kier alpha value is -2.73. The fourth-order valence-electron chi connectivity index (χ4n) is 2.28. The van der Waals surface area contributed by atoms with Crippen LogP contribution < -0.4 is 5.56 Å². The minimum absolute atomic E-state index is 0.194. The van der Waals surface area contributed by atoms with Gasteiger partial charge in [0.15, 0.2) is 4.96 Å². The molecule has 0 spiro atoms. The van der Waals surface area contributed by atoms with E-state index in [1.54, 1.807) is 12.3 Å². The summed E-state index contributed by atoms with van der Waals surface area (Å²) in [5.41, 5.74) is 2.35. The zero-order valence-corrected chi connectivity index (χ0v) is 13.2. The van der Waals surface area contributed by atoms with Gasteiger partial charge in [0.05, 0.1) is 12.1 Å². The van der Waals surface area contributed by atoms with Crippen molar-refractivity contribution in [2.24, 2.45) is 0 Å². The van der Waals surface area contributed by atoms with E-state index < -0.39 is 5.97 Å². The first-order chi connectivity index (χ1) is 11.1. The minimum Gasteiger partial charge on any atom is -0.481 e. The molecule has 0 aliphatic heterocycles. The fraction of sp³-hybridized carbons (Fsp3) is 0.118. The molecule has 0 saturated heterocycles. The lowest BCUT2D eigenvalue weighted by molar-refractivity contribution is -0.136. The molecule has 0 amide bonds. The maximum atomic E-state index is 12.5. The molecule has 116 valence electrons. The highest BCUT2D eigenvalue weighted by molar-refractivity contribution is 7.15. The predicted octanol–water partition coefficient (Wildman–Crippen LogP) is 2.86. The van der Waals surface area contributed by atoms with E-state index in [0.29, 0.717) is 21.9 Å². The molecule has 0 atom stereocenters. The molecule has 0 aliphatic rings. The van der Waals surface area contributed by atoms with E-state index in [1.807, 2.05) is 42.5 Å². The van der Waals surface area contributed by atoms with Crippen LogP contribution in [-0.2, 0) is 11.2 Å². The van der Waals surface area contributed by atoms with E-state index >= 15 is 0 Å². The van der Waals surface area contributed by atoms with Gasteiger partial charge in [-0.15, -0.1) is 11.3 Å². The summed E-state index contributed by atoms with van der Waals surface area (Å²) in [5, 5.41) is 10.6. The van der Waals surface area contributed by atoms with Crippen LogP contribution in [-0.4, -0.2) is 20.5 Å². The lowest BCUT2D eigenvalue weighted by atomic mass is 10.1. The Balaban J connectivity index is 2.07. The van der Waals surface area contributed by atoms with Crippen LogP contribution >= 0.6 is 11.3 Å². The topological polar surface area (TPSA) is 71.7 Å². The lowest BCUT2D eigenvalue weighted by Crippen LogP contribution is -2.21. The molecule has 0 aliphatic carbocycles. The molecule has 0 saturated carbocycles. The van der Waals surface area contributed by atoms with Gasteiger partial charge in [-0.3, -0.25) is 14.0 Å². The average molecular weight is 326 g/mol. The number of thiazole rings is 1. The number of benzene rings is 1. The summed E-state index contributed by atoms with van der Waals surface area (Å²) in [7, 11) is 0. The second-order valence-electron chi connectivity index (χ2n) is 5.09. The Labute approximate surface area is 136 Å². The van der Waals surface area contributed by atoms with Crippen molar-refractivity contribution >= 4 is 34.4 Å². The van der Waals surface area contributed by atoms with Gasteiger partial charge in [0.25, 0.3) is 5.56 Å². The van der Waals surface area contributed by atoms with Gasteiger partial charge < -0.3 is 5.11 Å². The summed E-state index contributed by atoms with van der Waals surface area (Å²) in [6, 6.07) is 9.75. The van der Waals surface area contributed by atoms with E-state index in [9.17, 15) is 9.59 Å². The molecule has 3 rings (SSSR count). The third kappa shape index (κ3) is 3.07. The van der Waals surface area contributed by atoms with Crippen molar-refractivity contribution in [2.75, 3.05) is 0 Å². The van der Waals surface area contributed by atoms with Gasteiger partial charge in [0.2, 0.25) is 0 Å². The van der Waals surface area contributed by atoms with Gasteiger partial charge in [-0.25, -0.2) is 4.98 Å². The van der Waals surface area contributed by atoms with Crippen LogP contribution in [0.1, 0.15) is 22.5 Å². The van der Waals surface area contributed by atoms with Crippen LogP contribution in [0.15, 0.2) is 40.5 Å². The van der Waals surface area contributed by atoms with Gasteiger partial charge >= 0.3 is 5.97 Å². The largest absolute Gasteiger partial charge is 0.481 e. The molecule has 0 fully saturated rings. The monoisotopic (exact) mass is 326 g/mol. The number of carboxylic acids is 1. The van der Waals surface area contributed by atoms with Gasteiger partial charge in [0, 0.05) is 16.6 Å². The molecule has 0 radical (unpaired) electrons. The number of fused-ring (bicyclic) bond motifs is 1. The number of nitrogens with zero attached hydrogens (tertiary/aromatic N) is 2. The summed E-state index contributed by atoms with van der Waals surface area (Å²) in [6.45, 7) is 1.70. The molecule has 0 unspecified atom stereocenters. The highest BCUT2D eigenvalue weighted by atomic mass is 32.1. The number of aromatic nitrogens is 2. The number of hydrogen-bond donors (Lipinski definition) is 1. The molecule has 1 aromatic carbocycles. The highest BCUT2D eigenvalue weighted by Crippen LogP contribution is 2.16. The normalized spacial score (nSPS) is 11.3. The van der Waals surface area contributed by atoms with Crippen molar-refractivity contribution in [3.8, 4) is 0 Å². The molecule has 2 heterocycles. The summed E-state index contributed by atoms with van der Waals surface area (Å²) in [6.07, 6.45) is 3.51. The minimum atomic E-state index is -0.970. The molecule has 3 aromatic rings. The Kier molecular flexibility index (Phi) is 4.08. The lowest BCUT2D eigenvalue weighted by Gasteiger charge is -2.03. The molecular formula is C17H14N2O3S. The average Bonchev–Trinajstić information content (AvgIpc) is 2.92. The number of hydrogen-bond acceptors (Lipinski definition) is 4. The van der Waals surface area contributed by atoms with Crippen LogP contribution in [0.5, 0.6) is 0 Å². The van der Waals surface area contributed by atoms with E-state index in [0.717, 1.165) is 5.56 Å². The Morgan fingerprint density at radius 1 is 1.30 bits per heavy atom. The molecular weight excluding hydrogens is 312 g/mol. The highest BCUT2D eigenvalue weighted by Gasteiger charge is 2.13. The predicted molar refractivity (Wildman–Crippen MR) is 90.8 cm³/mol. The first kappa shape index (κ1) is 15.2. The van der Waals surface area contributed by atoms with Gasteiger partial charge in [-0.2, -0.15) is 0 Å². The van der Waals surface area contributed by atoms with Crippen molar-refractivity contribution in [1.29, 1.82) is 0 Å². The number of carbonyl (C=O) groups is 1. The number of carboxylic acid groups (broad SMARTS) is 1. The molecule has 1 N–H and O–H groups in total. The third-order valence-electron chi connectivity index (χ3n) is 3.47. The first-order valence-corrected chi connectivity index (χ1v) is 7.89. The number of aliphatic carboxylic acids is 1. The maximum absolute atomic E-state index is 12.5. The van der Waals surface area contributed by atoms with Crippen molar-refractivity contribution < 1.29 is 9.90 Å². The Morgan fingerprint density at radius 2 is 2.04 bits per heavy atom. The van der Waals surface area contributed by atoms with E-state index in [2.05, 4.69) is 4.98 Å². The summed E-state index contributed by atoms with van der Waals surface area (Å²) < 4.78 is 1.38. The molecule has 2 aromatic heterocycles. The Morgan fingerprint density at radius 3 is 2.74 bits per heavy atom. The van der Waals surface area contributed by atoms with Crippen LogP contribution in [0.3, 0.4) is 0 Å². The van der Waals surface area contributed by atoms with E-state index in [-0.39, 0.29) is 12.0 Å². The third-order valence-corrected chi connectivity index (χ3v) is 4.34. The maximum Gasteiger partial charge on any atom is 0.309 e. The fourth-order valence-corrected chi connectivity index (χ4v) is 3.17. The standard InChI is InChI=1S/C17H14N2O3S/c1-11-14(8-7-12-5-3-2-4-6-12)18-17-19(16(11)22)13(10-23-17)9-15(20)21/h2-8,10H,9H2,1H3,(H,20,21)/b8-7+. The summed E-state index contributed by atoms with van der Waals surface area (Å²) >= 11 is 1.27. The van der Waals surface area contributed by atoms with Crippen molar-refractivity contribution in [2.45, 2.75) is 13.3 Å². The molecule has 23 heavy (non-hydrogen) atoms. The van der Waals surface area contributed by atoms with Crippen molar-refractivity contribution in [1.82, 2.24) is 9.38 Å². The zero-order valence-electron chi connectivity index (χ0n) is 12.4. The quantitative estimate of drug-likeness (QED) is 0.800. The van der Waals surface area contributed by atoms with E-state index in [4.69, 9.17) is 5.11 Å². The van der Waals surface area contributed by atoms with Crippen molar-refractivity contribution in [3.63, 3.8) is 0 Å². The SMILES string of the molecule is Cc1c(/C=C/c2ccccc2)nc2scc(CC(=O)O)n2c1=O. The van der Waals surface area contributed by atoms with Gasteiger partial charge in [0.1, 0.15) is 0 Å². The van der Waals surface area contributed by atoms with Crippen LogP contribution in [0, 0.1) is 6.92 Å². The van der Waals surface area contributed by atoms with E-state index in [1.165, 1.54) is 15.7 Å². The van der Waals surface area contributed by atoms with Crippen LogP contribution in [0.2, 0.25) is 0 Å². The van der Waals surface area contributed by atoms with Crippen LogP contribution in [0.4, 0.5) is 0 Å². The summed E-state index contributed by atoms with van der Waals surface area (Å²) in [4.78, 5) is 28.4.